The lowest BCUT2D eigenvalue weighted by Gasteiger charge is -2.13. The number of rotatable bonds is 3. The van der Waals surface area contributed by atoms with E-state index in [1.54, 1.807) is 5.01 Å². The zero-order valence-corrected chi connectivity index (χ0v) is 7.97. The second-order valence-corrected chi connectivity index (χ2v) is 3.78. The van der Waals surface area contributed by atoms with Crippen molar-refractivity contribution in [2.75, 3.05) is 14.1 Å². The summed E-state index contributed by atoms with van der Waals surface area (Å²) < 4.78 is 0. The van der Waals surface area contributed by atoms with Crippen molar-refractivity contribution in [2.24, 2.45) is 5.92 Å². The Labute approximate surface area is 74.1 Å². The van der Waals surface area contributed by atoms with Gasteiger partial charge in [-0.25, -0.2) is 5.01 Å². The van der Waals surface area contributed by atoms with Gasteiger partial charge in [-0.05, 0) is 18.8 Å². The van der Waals surface area contributed by atoms with Crippen LogP contribution in [0.3, 0.4) is 0 Å². The van der Waals surface area contributed by atoms with Crippen molar-refractivity contribution in [2.45, 2.75) is 32.1 Å². The highest BCUT2D eigenvalue weighted by atomic mass is 16.2. The molecule has 1 aliphatic carbocycles. The van der Waals surface area contributed by atoms with E-state index < -0.39 is 0 Å². The van der Waals surface area contributed by atoms with Crippen molar-refractivity contribution in [1.82, 2.24) is 10.4 Å². The molecule has 1 N–H and O–H groups in total. The van der Waals surface area contributed by atoms with E-state index in [0.717, 1.165) is 0 Å². The molecule has 1 fully saturated rings. The summed E-state index contributed by atoms with van der Waals surface area (Å²) in [4.78, 5) is 11.3. The van der Waals surface area contributed by atoms with Gasteiger partial charge in [-0.1, -0.05) is 12.8 Å². The first-order valence-corrected chi connectivity index (χ1v) is 4.65. The minimum absolute atomic E-state index is 0.159. The van der Waals surface area contributed by atoms with E-state index in [1.807, 2.05) is 14.1 Å². The number of hydrogen-bond acceptors (Lipinski definition) is 2. The highest BCUT2D eigenvalue weighted by Gasteiger charge is 2.18. The number of hydrazine groups is 1. The van der Waals surface area contributed by atoms with Gasteiger partial charge < -0.3 is 0 Å². The predicted octanol–water partition coefficient (Wildman–Crippen LogP) is 1.16. The topological polar surface area (TPSA) is 32.3 Å². The summed E-state index contributed by atoms with van der Waals surface area (Å²) in [6, 6.07) is 0. The van der Waals surface area contributed by atoms with E-state index in [4.69, 9.17) is 0 Å². The van der Waals surface area contributed by atoms with Crippen LogP contribution in [0.15, 0.2) is 0 Å². The molecule has 0 saturated heterocycles. The minimum Gasteiger partial charge on any atom is -0.289 e. The predicted molar refractivity (Wildman–Crippen MR) is 48.4 cm³/mol. The second-order valence-electron chi connectivity index (χ2n) is 3.78. The SMILES string of the molecule is CN(C)NC(=O)CC1CCCC1. The summed E-state index contributed by atoms with van der Waals surface area (Å²) >= 11 is 0. The van der Waals surface area contributed by atoms with E-state index >= 15 is 0 Å². The third-order valence-corrected chi connectivity index (χ3v) is 2.30. The van der Waals surface area contributed by atoms with Gasteiger partial charge in [-0.3, -0.25) is 10.2 Å². The van der Waals surface area contributed by atoms with Crippen LogP contribution in [0, 0.1) is 5.92 Å². The first kappa shape index (κ1) is 9.52. The Kier molecular flexibility index (Phi) is 3.53. The van der Waals surface area contributed by atoms with Crippen LogP contribution in [0.25, 0.3) is 0 Å². The fourth-order valence-corrected chi connectivity index (χ4v) is 1.77. The molecule has 1 rings (SSSR count). The third-order valence-electron chi connectivity index (χ3n) is 2.30. The molecule has 1 amide bonds. The number of nitrogens with one attached hydrogen (secondary N) is 1. The Balaban J connectivity index is 2.16. The lowest BCUT2D eigenvalue weighted by atomic mass is 10.0. The number of carbonyl (C=O) groups is 1. The van der Waals surface area contributed by atoms with Crippen molar-refractivity contribution in [1.29, 1.82) is 0 Å². The van der Waals surface area contributed by atoms with Crippen LogP contribution in [0.1, 0.15) is 32.1 Å². The van der Waals surface area contributed by atoms with Crippen molar-refractivity contribution in [3.63, 3.8) is 0 Å². The van der Waals surface area contributed by atoms with Crippen LogP contribution >= 0.6 is 0 Å². The Morgan fingerprint density at radius 3 is 2.50 bits per heavy atom. The zero-order chi connectivity index (χ0) is 8.97. The van der Waals surface area contributed by atoms with Gasteiger partial charge in [0.2, 0.25) is 5.91 Å². The van der Waals surface area contributed by atoms with Crippen LogP contribution in [0.4, 0.5) is 0 Å². The Morgan fingerprint density at radius 2 is 2.00 bits per heavy atom. The molecule has 1 saturated carbocycles. The van der Waals surface area contributed by atoms with Gasteiger partial charge in [-0.15, -0.1) is 0 Å². The van der Waals surface area contributed by atoms with Gasteiger partial charge in [0.1, 0.15) is 0 Å². The van der Waals surface area contributed by atoms with E-state index in [2.05, 4.69) is 5.43 Å². The fraction of sp³-hybridized carbons (Fsp3) is 0.889. The first-order chi connectivity index (χ1) is 5.68. The summed E-state index contributed by atoms with van der Waals surface area (Å²) in [5, 5.41) is 1.71. The molecule has 0 aliphatic heterocycles. The number of nitrogens with zero attached hydrogens (tertiary/aromatic N) is 1. The quantitative estimate of drug-likeness (QED) is 0.645. The molecule has 1 aliphatic rings. The maximum atomic E-state index is 11.3. The molecule has 0 unspecified atom stereocenters. The molecule has 0 aromatic carbocycles. The van der Waals surface area contributed by atoms with Gasteiger partial charge in [0.05, 0.1) is 0 Å². The summed E-state index contributed by atoms with van der Waals surface area (Å²) in [6.45, 7) is 0. The van der Waals surface area contributed by atoms with Crippen molar-refractivity contribution in [3.8, 4) is 0 Å². The van der Waals surface area contributed by atoms with E-state index in [9.17, 15) is 4.79 Å². The largest absolute Gasteiger partial charge is 0.289 e. The molecule has 0 atom stereocenters. The van der Waals surface area contributed by atoms with Crippen molar-refractivity contribution in [3.05, 3.63) is 0 Å². The Bertz CT molecular complexity index is 151. The maximum Gasteiger partial charge on any atom is 0.234 e. The highest BCUT2D eigenvalue weighted by molar-refractivity contribution is 5.75. The molecule has 0 radical (unpaired) electrons. The highest BCUT2D eigenvalue weighted by Crippen LogP contribution is 2.27. The van der Waals surface area contributed by atoms with Crippen molar-refractivity contribution >= 4 is 5.91 Å². The van der Waals surface area contributed by atoms with Crippen molar-refractivity contribution < 1.29 is 4.79 Å². The molecule has 0 aromatic rings. The van der Waals surface area contributed by atoms with Crippen LogP contribution in [-0.4, -0.2) is 25.0 Å². The normalized spacial score (nSPS) is 18.6. The maximum absolute atomic E-state index is 11.3. The molecule has 3 heteroatoms. The molecule has 0 bridgehead atoms. The molecule has 0 heterocycles. The average molecular weight is 170 g/mol. The van der Waals surface area contributed by atoms with Gasteiger partial charge in [-0.2, -0.15) is 0 Å². The summed E-state index contributed by atoms with van der Waals surface area (Å²) in [7, 11) is 3.68. The third kappa shape index (κ3) is 3.22. The van der Waals surface area contributed by atoms with Crippen LogP contribution in [-0.2, 0) is 4.79 Å². The molecule has 12 heavy (non-hydrogen) atoms. The molecule has 3 nitrogen and oxygen atoms in total. The summed E-state index contributed by atoms with van der Waals surface area (Å²) in [6.07, 6.45) is 5.79. The lowest BCUT2D eigenvalue weighted by Crippen LogP contribution is -2.36. The van der Waals surface area contributed by atoms with Crippen LogP contribution in [0.2, 0.25) is 0 Å². The van der Waals surface area contributed by atoms with Gasteiger partial charge in [0.15, 0.2) is 0 Å². The van der Waals surface area contributed by atoms with Gasteiger partial charge >= 0.3 is 0 Å². The summed E-state index contributed by atoms with van der Waals surface area (Å²) in [5.74, 6) is 0.803. The molecule has 0 spiro atoms. The van der Waals surface area contributed by atoms with Crippen LogP contribution < -0.4 is 5.43 Å². The average Bonchev–Trinajstić information content (AvgIpc) is 2.37. The smallest absolute Gasteiger partial charge is 0.234 e. The summed E-state index contributed by atoms with van der Waals surface area (Å²) in [5.41, 5.74) is 2.76. The van der Waals surface area contributed by atoms with E-state index in [0.29, 0.717) is 12.3 Å². The Hall–Kier alpha value is -0.570. The second kappa shape index (κ2) is 4.45. The van der Waals surface area contributed by atoms with E-state index in [-0.39, 0.29) is 5.91 Å². The van der Waals surface area contributed by atoms with Gasteiger partial charge in [0.25, 0.3) is 0 Å². The number of hydrogen-bond donors (Lipinski definition) is 1. The van der Waals surface area contributed by atoms with Gasteiger partial charge in [0, 0.05) is 20.5 Å². The zero-order valence-electron chi connectivity index (χ0n) is 7.97. The lowest BCUT2D eigenvalue weighted by molar-refractivity contribution is -0.125. The Morgan fingerprint density at radius 1 is 1.42 bits per heavy atom. The molecular formula is C9H18N2O. The number of amides is 1. The van der Waals surface area contributed by atoms with E-state index in [1.165, 1.54) is 25.7 Å². The fourth-order valence-electron chi connectivity index (χ4n) is 1.77. The number of carbonyl (C=O) groups excluding carboxylic acids is 1. The molecule has 0 aromatic heterocycles. The molecule has 70 valence electrons. The van der Waals surface area contributed by atoms with Crippen LogP contribution in [0.5, 0.6) is 0 Å². The first-order valence-electron chi connectivity index (χ1n) is 4.65. The standard InChI is InChI=1S/C9H18N2O/c1-11(2)10-9(12)7-8-5-3-4-6-8/h8H,3-7H2,1-2H3,(H,10,12). The minimum atomic E-state index is 0.159. The molecular weight excluding hydrogens is 152 g/mol. The monoisotopic (exact) mass is 170 g/mol.